The van der Waals surface area contributed by atoms with Crippen LogP contribution >= 0.6 is 0 Å². The Hall–Kier alpha value is -0.590. The van der Waals surface area contributed by atoms with Gasteiger partial charge in [0.15, 0.2) is 0 Å². The van der Waals surface area contributed by atoms with Crippen LogP contribution < -0.4 is 0 Å². The summed E-state index contributed by atoms with van der Waals surface area (Å²) in [6.07, 6.45) is 3.94. The molecule has 0 aliphatic carbocycles. The molecule has 0 unspecified atom stereocenters. The average molecular weight is 125 g/mol. The van der Waals surface area contributed by atoms with Gasteiger partial charge in [-0.3, -0.25) is 4.99 Å². The van der Waals surface area contributed by atoms with Crippen molar-refractivity contribution >= 4 is 5.71 Å². The molecule has 0 aromatic carbocycles. The molecule has 9 heavy (non-hydrogen) atoms. The lowest BCUT2D eigenvalue weighted by atomic mass is 10.2. The quantitative estimate of drug-likeness (QED) is 0.503. The van der Waals surface area contributed by atoms with Gasteiger partial charge in [-0.2, -0.15) is 0 Å². The largest absolute Gasteiger partial charge is 0.267 e. The topological polar surface area (TPSA) is 12.4 Å². The Bertz CT molecular complexity index is 117. The van der Waals surface area contributed by atoms with Crippen molar-refractivity contribution in [3.05, 3.63) is 12.3 Å². The number of hydrogen-bond acceptors (Lipinski definition) is 1. The highest BCUT2D eigenvalue weighted by molar-refractivity contribution is 5.79. The van der Waals surface area contributed by atoms with E-state index in [9.17, 15) is 0 Å². The maximum absolute atomic E-state index is 4.10. The Balaban J connectivity index is 3.60. The minimum absolute atomic E-state index is 0.605. The van der Waals surface area contributed by atoms with E-state index in [4.69, 9.17) is 0 Å². The van der Waals surface area contributed by atoms with Crippen LogP contribution in [0.3, 0.4) is 0 Å². The second kappa shape index (κ2) is 4.30. The second-order valence-electron chi connectivity index (χ2n) is 2.66. The molecule has 0 bridgehead atoms. The molecule has 0 aliphatic rings. The molecule has 0 fully saturated rings. The smallest absolute Gasteiger partial charge is 0.0229 e. The molecule has 0 amide bonds. The van der Waals surface area contributed by atoms with E-state index in [0.717, 1.165) is 5.71 Å². The molecule has 0 aromatic rings. The van der Waals surface area contributed by atoms with Crippen LogP contribution in [-0.2, 0) is 0 Å². The molecule has 0 aliphatic heterocycles. The molecule has 0 N–H and O–H groups in total. The summed E-state index contributed by atoms with van der Waals surface area (Å²) in [5, 5.41) is 0. The summed E-state index contributed by atoms with van der Waals surface area (Å²) in [6.45, 7) is 8.25. The van der Waals surface area contributed by atoms with Crippen molar-refractivity contribution < 1.29 is 0 Å². The first-order chi connectivity index (χ1) is 4.13. The molecular weight excluding hydrogens is 110 g/mol. The zero-order valence-corrected chi connectivity index (χ0v) is 6.68. The lowest BCUT2D eigenvalue weighted by Gasteiger charge is -1.89. The van der Waals surface area contributed by atoms with Gasteiger partial charge in [0.1, 0.15) is 0 Å². The van der Waals surface area contributed by atoms with E-state index in [1.54, 1.807) is 0 Å². The van der Waals surface area contributed by atoms with Gasteiger partial charge >= 0.3 is 0 Å². The third kappa shape index (κ3) is 7.41. The third-order valence-corrected chi connectivity index (χ3v) is 0.804. The van der Waals surface area contributed by atoms with Crippen LogP contribution in [0.1, 0.15) is 27.7 Å². The van der Waals surface area contributed by atoms with E-state index >= 15 is 0 Å². The molecule has 0 atom stereocenters. The van der Waals surface area contributed by atoms with Crippen molar-refractivity contribution in [2.45, 2.75) is 27.7 Å². The first-order valence-electron chi connectivity index (χ1n) is 3.30. The predicted octanol–water partition coefficient (Wildman–Crippen LogP) is 2.64. The normalized spacial score (nSPS) is 10.8. The van der Waals surface area contributed by atoms with Crippen LogP contribution in [0.5, 0.6) is 0 Å². The molecule has 1 heteroatoms. The molecule has 0 saturated carbocycles. The fraction of sp³-hybridized carbons (Fsp3) is 0.625. The molecule has 0 aromatic heterocycles. The molecule has 0 heterocycles. The van der Waals surface area contributed by atoms with Gasteiger partial charge in [-0.25, -0.2) is 0 Å². The summed E-state index contributed by atoms with van der Waals surface area (Å²) >= 11 is 0. The summed E-state index contributed by atoms with van der Waals surface area (Å²) < 4.78 is 0. The van der Waals surface area contributed by atoms with Crippen LogP contribution in [0.15, 0.2) is 17.3 Å². The zero-order chi connectivity index (χ0) is 7.28. The number of allylic oxidation sites excluding steroid dienone is 1. The minimum atomic E-state index is 0.605. The second-order valence-corrected chi connectivity index (χ2v) is 2.66. The van der Waals surface area contributed by atoms with Gasteiger partial charge in [0.2, 0.25) is 0 Å². The molecule has 52 valence electrons. The fourth-order valence-corrected chi connectivity index (χ4v) is 0.364. The van der Waals surface area contributed by atoms with Crippen molar-refractivity contribution in [2.75, 3.05) is 0 Å². The standard InChI is InChI=1S/C8H15N/c1-7(2)5-6-9-8(3)4/h5-7H,1-4H3. The van der Waals surface area contributed by atoms with Gasteiger partial charge in [0.05, 0.1) is 0 Å². The number of aliphatic imine (C=N–C) groups is 1. The van der Waals surface area contributed by atoms with Gasteiger partial charge in [-0.15, -0.1) is 0 Å². The Morgan fingerprint density at radius 3 is 2.22 bits per heavy atom. The van der Waals surface area contributed by atoms with Crippen LogP contribution in [0, 0.1) is 5.92 Å². The SMILES string of the molecule is CC(C)=NC=CC(C)C. The summed E-state index contributed by atoms with van der Waals surface area (Å²) in [7, 11) is 0. The Labute approximate surface area is 57.5 Å². The van der Waals surface area contributed by atoms with Crippen LogP contribution in [0.25, 0.3) is 0 Å². The molecule has 0 rings (SSSR count). The molecule has 0 saturated heterocycles. The zero-order valence-electron chi connectivity index (χ0n) is 6.68. The van der Waals surface area contributed by atoms with Crippen LogP contribution in [-0.4, -0.2) is 5.71 Å². The van der Waals surface area contributed by atoms with E-state index in [-0.39, 0.29) is 0 Å². The number of rotatable bonds is 2. The number of hydrogen-bond donors (Lipinski definition) is 0. The van der Waals surface area contributed by atoms with Crippen molar-refractivity contribution in [3.63, 3.8) is 0 Å². The molecule has 1 nitrogen and oxygen atoms in total. The highest BCUT2D eigenvalue weighted by atomic mass is 14.7. The van der Waals surface area contributed by atoms with E-state index in [1.807, 2.05) is 20.0 Å². The first-order valence-corrected chi connectivity index (χ1v) is 3.30. The third-order valence-electron chi connectivity index (χ3n) is 0.804. The lowest BCUT2D eigenvalue weighted by Crippen LogP contribution is -1.78. The Morgan fingerprint density at radius 1 is 1.33 bits per heavy atom. The van der Waals surface area contributed by atoms with E-state index in [0.29, 0.717) is 5.92 Å². The maximum Gasteiger partial charge on any atom is 0.0229 e. The Kier molecular flexibility index (Phi) is 4.02. The predicted molar refractivity (Wildman–Crippen MR) is 42.8 cm³/mol. The van der Waals surface area contributed by atoms with Gasteiger partial charge < -0.3 is 0 Å². The summed E-state index contributed by atoms with van der Waals surface area (Å²) in [4.78, 5) is 4.10. The van der Waals surface area contributed by atoms with Crippen LogP contribution in [0.4, 0.5) is 0 Å². The molecule has 0 radical (unpaired) electrons. The van der Waals surface area contributed by atoms with Crippen molar-refractivity contribution in [1.29, 1.82) is 0 Å². The summed E-state index contributed by atoms with van der Waals surface area (Å²) in [5.74, 6) is 0.605. The highest BCUT2D eigenvalue weighted by Crippen LogP contribution is 1.93. The molecule has 0 spiro atoms. The van der Waals surface area contributed by atoms with Crippen LogP contribution in [0.2, 0.25) is 0 Å². The monoisotopic (exact) mass is 125 g/mol. The van der Waals surface area contributed by atoms with Crippen molar-refractivity contribution in [3.8, 4) is 0 Å². The number of nitrogens with zero attached hydrogens (tertiary/aromatic N) is 1. The summed E-state index contributed by atoms with van der Waals surface area (Å²) in [6, 6.07) is 0. The van der Waals surface area contributed by atoms with Gasteiger partial charge in [0.25, 0.3) is 0 Å². The minimum Gasteiger partial charge on any atom is -0.267 e. The summed E-state index contributed by atoms with van der Waals surface area (Å²) in [5.41, 5.74) is 1.10. The van der Waals surface area contributed by atoms with Gasteiger partial charge in [0, 0.05) is 11.9 Å². The maximum atomic E-state index is 4.10. The van der Waals surface area contributed by atoms with Crippen molar-refractivity contribution in [2.24, 2.45) is 10.9 Å². The fourth-order valence-electron chi connectivity index (χ4n) is 0.364. The van der Waals surface area contributed by atoms with Crippen molar-refractivity contribution in [1.82, 2.24) is 0 Å². The average Bonchev–Trinajstić information content (AvgIpc) is 1.63. The first kappa shape index (κ1) is 8.41. The lowest BCUT2D eigenvalue weighted by molar-refractivity contribution is 0.829. The van der Waals surface area contributed by atoms with E-state index in [2.05, 4.69) is 24.9 Å². The Morgan fingerprint density at radius 2 is 1.89 bits per heavy atom. The van der Waals surface area contributed by atoms with Gasteiger partial charge in [-0.1, -0.05) is 19.9 Å². The highest BCUT2D eigenvalue weighted by Gasteiger charge is 1.79. The van der Waals surface area contributed by atoms with Gasteiger partial charge in [-0.05, 0) is 19.8 Å². The van der Waals surface area contributed by atoms with E-state index < -0.39 is 0 Å². The van der Waals surface area contributed by atoms with E-state index in [1.165, 1.54) is 0 Å². The molecular formula is C8H15N.